The summed E-state index contributed by atoms with van der Waals surface area (Å²) in [5.74, 6) is 0.643. The SMILES string of the molecule is COC(=O)CCC(=O)N1CCSC(c2ccccc2)C1. The van der Waals surface area contributed by atoms with Crippen LogP contribution in [0.15, 0.2) is 30.3 Å². The first-order chi connectivity index (χ1) is 9.70. The summed E-state index contributed by atoms with van der Waals surface area (Å²) in [6.45, 7) is 1.47. The van der Waals surface area contributed by atoms with Gasteiger partial charge < -0.3 is 9.64 Å². The van der Waals surface area contributed by atoms with Gasteiger partial charge in [-0.1, -0.05) is 30.3 Å². The van der Waals surface area contributed by atoms with E-state index in [9.17, 15) is 9.59 Å². The molecule has 0 saturated carbocycles. The number of ether oxygens (including phenoxy) is 1. The van der Waals surface area contributed by atoms with Crippen molar-refractivity contribution in [2.45, 2.75) is 18.1 Å². The molecule has 108 valence electrons. The molecule has 4 nitrogen and oxygen atoms in total. The Morgan fingerprint density at radius 1 is 1.30 bits per heavy atom. The van der Waals surface area contributed by atoms with Crippen molar-refractivity contribution in [3.63, 3.8) is 0 Å². The van der Waals surface area contributed by atoms with Gasteiger partial charge in [0.05, 0.1) is 13.5 Å². The largest absolute Gasteiger partial charge is 0.469 e. The molecule has 0 bridgehead atoms. The summed E-state index contributed by atoms with van der Waals surface area (Å²) in [6.07, 6.45) is 0.397. The van der Waals surface area contributed by atoms with Gasteiger partial charge in [-0.25, -0.2) is 0 Å². The van der Waals surface area contributed by atoms with Crippen LogP contribution < -0.4 is 0 Å². The molecule has 1 fully saturated rings. The third-order valence-corrected chi connectivity index (χ3v) is 4.60. The smallest absolute Gasteiger partial charge is 0.306 e. The van der Waals surface area contributed by atoms with E-state index in [4.69, 9.17) is 0 Å². The predicted octanol–water partition coefficient (Wildman–Crippen LogP) is 2.26. The molecular weight excluding hydrogens is 274 g/mol. The van der Waals surface area contributed by atoms with E-state index in [0.717, 1.165) is 12.3 Å². The minimum atomic E-state index is -0.329. The van der Waals surface area contributed by atoms with E-state index in [1.54, 1.807) is 0 Å². The molecule has 2 rings (SSSR count). The van der Waals surface area contributed by atoms with Crippen LogP contribution >= 0.6 is 11.8 Å². The second-order valence-corrected chi connectivity index (χ2v) is 6.00. The van der Waals surface area contributed by atoms with Gasteiger partial charge in [0, 0.05) is 30.5 Å². The second kappa shape index (κ2) is 7.33. The van der Waals surface area contributed by atoms with Crippen LogP contribution in [0.3, 0.4) is 0 Å². The highest BCUT2D eigenvalue weighted by Crippen LogP contribution is 2.33. The molecule has 1 aromatic rings. The van der Waals surface area contributed by atoms with Gasteiger partial charge in [-0.3, -0.25) is 9.59 Å². The fraction of sp³-hybridized carbons (Fsp3) is 0.467. The zero-order valence-electron chi connectivity index (χ0n) is 11.6. The van der Waals surface area contributed by atoms with Crippen molar-refractivity contribution < 1.29 is 14.3 Å². The topological polar surface area (TPSA) is 46.6 Å². The normalized spacial score (nSPS) is 18.6. The van der Waals surface area contributed by atoms with E-state index in [0.29, 0.717) is 11.8 Å². The lowest BCUT2D eigenvalue weighted by Crippen LogP contribution is -2.39. The zero-order valence-corrected chi connectivity index (χ0v) is 12.4. The van der Waals surface area contributed by atoms with Crippen molar-refractivity contribution >= 4 is 23.6 Å². The maximum Gasteiger partial charge on any atom is 0.306 e. The van der Waals surface area contributed by atoms with E-state index >= 15 is 0 Å². The van der Waals surface area contributed by atoms with Gasteiger partial charge in [0.25, 0.3) is 0 Å². The molecule has 20 heavy (non-hydrogen) atoms. The fourth-order valence-corrected chi connectivity index (χ4v) is 3.46. The molecule has 0 spiro atoms. The molecule has 1 aliphatic rings. The number of methoxy groups -OCH3 is 1. The van der Waals surface area contributed by atoms with Gasteiger partial charge in [-0.15, -0.1) is 0 Å². The lowest BCUT2D eigenvalue weighted by Gasteiger charge is -2.32. The third-order valence-electron chi connectivity index (χ3n) is 3.36. The van der Waals surface area contributed by atoms with Gasteiger partial charge in [0.1, 0.15) is 0 Å². The second-order valence-electron chi connectivity index (χ2n) is 4.69. The van der Waals surface area contributed by atoms with Crippen LogP contribution in [0.4, 0.5) is 0 Å². The number of benzene rings is 1. The molecule has 0 N–H and O–H groups in total. The average Bonchev–Trinajstić information content (AvgIpc) is 2.53. The number of amides is 1. The van der Waals surface area contributed by atoms with Crippen molar-refractivity contribution in [3.8, 4) is 0 Å². The third kappa shape index (κ3) is 4.00. The summed E-state index contributed by atoms with van der Waals surface area (Å²) in [5, 5.41) is 0.326. The maximum atomic E-state index is 12.1. The molecule has 5 heteroatoms. The molecule has 0 radical (unpaired) electrons. The van der Waals surface area contributed by atoms with Gasteiger partial charge in [-0.2, -0.15) is 11.8 Å². The number of hydrogen-bond acceptors (Lipinski definition) is 4. The Hall–Kier alpha value is -1.49. The number of carbonyl (C=O) groups is 2. The zero-order chi connectivity index (χ0) is 14.4. The van der Waals surface area contributed by atoms with Gasteiger partial charge >= 0.3 is 5.97 Å². The average molecular weight is 293 g/mol. The van der Waals surface area contributed by atoms with Crippen molar-refractivity contribution in [1.82, 2.24) is 4.90 Å². The Bertz CT molecular complexity index is 463. The maximum absolute atomic E-state index is 12.1. The number of thioether (sulfide) groups is 1. The predicted molar refractivity (Wildman–Crippen MR) is 79.5 cm³/mol. The van der Waals surface area contributed by atoms with Crippen LogP contribution in [0, 0.1) is 0 Å². The first-order valence-corrected chi connectivity index (χ1v) is 7.76. The van der Waals surface area contributed by atoms with E-state index in [2.05, 4.69) is 16.9 Å². The van der Waals surface area contributed by atoms with Crippen LogP contribution in [-0.2, 0) is 14.3 Å². The van der Waals surface area contributed by atoms with Crippen LogP contribution in [0.1, 0.15) is 23.7 Å². The van der Waals surface area contributed by atoms with Crippen molar-refractivity contribution in [2.75, 3.05) is 26.0 Å². The fourth-order valence-electron chi connectivity index (χ4n) is 2.21. The Labute approximate surface area is 123 Å². The Balaban J connectivity index is 1.90. The molecule has 1 heterocycles. The van der Waals surface area contributed by atoms with Crippen LogP contribution in [0.5, 0.6) is 0 Å². The lowest BCUT2D eigenvalue weighted by atomic mass is 10.1. The highest BCUT2D eigenvalue weighted by Gasteiger charge is 2.25. The number of nitrogens with zero attached hydrogens (tertiary/aromatic N) is 1. The Morgan fingerprint density at radius 2 is 2.05 bits per heavy atom. The lowest BCUT2D eigenvalue weighted by molar-refractivity contribution is -0.143. The molecule has 1 unspecified atom stereocenters. The minimum Gasteiger partial charge on any atom is -0.469 e. The summed E-state index contributed by atoms with van der Waals surface area (Å²) >= 11 is 1.88. The number of hydrogen-bond donors (Lipinski definition) is 0. The van der Waals surface area contributed by atoms with Gasteiger partial charge in [-0.05, 0) is 5.56 Å². The van der Waals surface area contributed by atoms with Gasteiger partial charge in [0.2, 0.25) is 5.91 Å². The van der Waals surface area contributed by atoms with Crippen LogP contribution in [-0.4, -0.2) is 42.7 Å². The molecule has 0 aliphatic carbocycles. The standard InChI is InChI=1S/C15H19NO3S/c1-19-15(18)8-7-14(17)16-9-10-20-13(11-16)12-5-3-2-4-6-12/h2-6,13H,7-11H2,1H3. The highest BCUT2D eigenvalue weighted by molar-refractivity contribution is 7.99. The van der Waals surface area contributed by atoms with Crippen molar-refractivity contribution in [2.24, 2.45) is 0 Å². The molecular formula is C15H19NO3S. The van der Waals surface area contributed by atoms with E-state index in [-0.39, 0.29) is 24.7 Å². The molecule has 1 atom stereocenters. The van der Waals surface area contributed by atoms with E-state index in [1.807, 2.05) is 34.9 Å². The first-order valence-electron chi connectivity index (χ1n) is 6.72. The quantitative estimate of drug-likeness (QED) is 0.799. The molecule has 0 aromatic heterocycles. The molecule has 1 aliphatic heterocycles. The van der Waals surface area contributed by atoms with E-state index in [1.165, 1.54) is 12.7 Å². The summed E-state index contributed by atoms with van der Waals surface area (Å²) in [6, 6.07) is 10.2. The van der Waals surface area contributed by atoms with Crippen LogP contribution in [0.2, 0.25) is 0 Å². The first kappa shape index (κ1) is 14.9. The Kier molecular flexibility index (Phi) is 5.47. The highest BCUT2D eigenvalue weighted by atomic mass is 32.2. The van der Waals surface area contributed by atoms with Crippen molar-refractivity contribution in [1.29, 1.82) is 0 Å². The monoisotopic (exact) mass is 293 g/mol. The Morgan fingerprint density at radius 3 is 2.75 bits per heavy atom. The summed E-state index contributed by atoms with van der Waals surface area (Å²) in [5.41, 5.74) is 1.25. The summed E-state index contributed by atoms with van der Waals surface area (Å²) in [7, 11) is 1.34. The molecule has 1 amide bonds. The summed E-state index contributed by atoms with van der Waals surface area (Å²) < 4.78 is 4.56. The van der Waals surface area contributed by atoms with Crippen LogP contribution in [0.25, 0.3) is 0 Å². The number of rotatable bonds is 4. The van der Waals surface area contributed by atoms with E-state index < -0.39 is 0 Å². The van der Waals surface area contributed by atoms with Crippen molar-refractivity contribution in [3.05, 3.63) is 35.9 Å². The molecule has 1 saturated heterocycles. The number of carbonyl (C=O) groups excluding carboxylic acids is 2. The molecule has 1 aromatic carbocycles. The number of esters is 1. The summed E-state index contributed by atoms with van der Waals surface area (Å²) in [4.78, 5) is 25.1. The van der Waals surface area contributed by atoms with Gasteiger partial charge in [0.15, 0.2) is 0 Å². The minimum absolute atomic E-state index is 0.0385.